The van der Waals surface area contributed by atoms with Gasteiger partial charge in [0.2, 0.25) is 5.91 Å². The molecular weight excluding hydrogens is 267 g/mol. The summed E-state index contributed by atoms with van der Waals surface area (Å²) < 4.78 is 14.2. The quantitative estimate of drug-likeness (QED) is 0.928. The van der Waals surface area contributed by atoms with E-state index in [1.807, 2.05) is 24.8 Å². The zero-order valence-electron chi connectivity index (χ0n) is 13.1. The molecule has 1 aliphatic heterocycles. The second-order valence-corrected chi connectivity index (χ2v) is 7.27. The van der Waals surface area contributed by atoms with E-state index in [1.165, 1.54) is 6.07 Å². The predicted octanol–water partition coefficient (Wildman–Crippen LogP) is 3.08. The standard InChI is InChI=1S/C17H23FN2O/c1-10(2)14-16(21)20(13-9-17(13,3)4)15(19-14)11-7-5-6-8-12(11)18/h5-8,10,13-15,19H,9H2,1-4H3. The summed E-state index contributed by atoms with van der Waals surface area (Å²) in [6.07, 6.45) is 0.633. The first-order valence-electron chi connectivity index (χ1n) is 7.65. The molecule has 3 atom stereocenters. The molecule has 0 radical (unpaired) electrons. The van der Waals surface area contributed by atoms with Crippen LogP contribution >= 0.6 is 0 Å². The monoisotopic (exact) mass is 290 g/mol. The van der Waals surface area contributed by atoms with Gasteiger partial charge in [-0.1, -0.05) is 45.9 Å². The Labute approximate surface area is 125 Å². The molecule has 114 valence electrons. The summed E-state index contributed by atoms with van der Waals surface area (Å²) in [5.74, 6) is 0.0446. The summed E-state index contributed by atoms with van der Waals surface area (Å²) in [5.41, 5.74) is 0.698. The SMILES string of the molecule is CC(C)C1NC(c2ccccc2F)N(C2CC2(C)C)C1=O. The first kappa shape index (κ1) is 14.5. The Morgan fingerprint density at radius 2 is 1.95 bits per heavy atom. The smallest absolute Gasteiger partial charge is 0.241 e. The molecule has 1 aromatic carbocycles. The summed E-state index contributed by atoms with van der Waals surface area (Å²) in [4.78, 5) is 14.6. The summed E-state index contributed by atoms with van der Waals surface area (Å²) >= 11 is 0. The number of benzene rings is 1. The van der Waals surface area contributed by atoms with E-state index in [-0.39, 0.29) is 41.3 Å². The van der Waals surface area contributed by atoms with E-state index in [0.717, 1.165) is 6.42 Å². The molecule has 1 saturated carbocycles. The van der Waals surface area contributed by atoms with E-state index in [9.17, 15) is 9.18 Å². The van der Waals surface area contributed by atoms with Gasteiger partial charge in [-0.2, -0.15) is 0 Å². The molecule has 3 rings (SSSR count). The maximum Gasteiger partial charge on any atom is 0.241 e. The summed E-state index contributed by atoms with van der Waals surface area (Å²) in [7, 11) is 0. The van der Waals surface area contributed by atoms with Crippen LogP contribution in [0.15, 0.2) is 24.3 Å². The molecule has 3 unspecified atom stereocenters. The number of nitrogens with one attached hydrogen (secondary N) is 1. The lowest BCUT2D eigenvalue weighted by Crippen LogP contribution is -2.36. The van der Waals surface area contributed by atoms with Crippen molar-refractivity contribution in [2.75, 3.05) is 0 Å². The van der Waals surface area contributed by atoms with E-state index in [2.05, 4.69) is 19.2 Å². The molecule has 1 aliphatic carbocycles. The van der Waals surface area contributed by atoms with E-state index in [4.69, 9.17) is 0 Å². The minimum atomic E-state index is -0.349. The highest BCUT2D eigenvalue weighted by atomic mass is 19.1. The second-order valence-electron chi connectivity index (χ2n) is 7.27. The van der Waals surface area contributed by atoms with Crippen molar-refractivity contribution in [3.8, 4) is 0 Å². The molecule has 0 bridgehead atoms. The van der Waals surface area contributed by atoms with Crippen LogP contribution in [0, 0.1) is 17.2 Å². The minimum Gasteiger partial charge on any atom is -0.318 e. The number of halogens is 1. The van der Waals surface area contributed by atoms with Gasteiger partial charge in [0.25, 0.3) is 0 Å². The van der Waals surface area contributed by atoms with E-state index in [1.54, 1.807) is 12.1 Å². The van der Waals surface area contributed by atoms with E-state index >= 15 is 0 Å². The highest BCUT2D eigenvalue weighted by Gasteiger charge is 2.57. The Balaban J connectivity index is 1.97. The van der Waals surface area contributed by atoms with Crippen molar-refractivity contribution in [2.24, 2.45) is 11.3 Å². The molecule has 0 aromatic heterocycles. The van der Waals surface area contributed by atoms with Crippen molar-refractivity contribution >= 4 is 5.91 Å². The molecule has 3 nitrogen and oxygen atoms in total. The van der Waals surface area contributed by atoms with Gasteiger partial charge in [0.05, 0.1) is 6.04 Å². The Kier molecular flexibility index (Phi) is 3.32. The summed E-state index contributed by atoms with van der Waals surface area (Å²) in [6.45, 7) is 8.36. The molecule has 2 fully saturated rings. The zero-order valence-corrected chi connectivity index (χ0v) is 13.1. The molecular formula is C17H23FN2O. The van der Waals surface area contributed by atoms with Gasteiger partial charge < -0.3 is 4.90 Å². The molecule has 1 heterocycles. The van der Waals surface area contributed by atoms with Crippen LogP contribution in [0.5, 0.6) is 0 Å². The number of rotatable bonds is 3. The Morgan fingerprint density at radius 1 is 1.33 bits per heavy atom. The van der Waals surface area contributed by atoms with Crippen LogP contribution in [0.1, 0.15) is 45.8 Å². The first-order valence-corrected chi connectivity index (χ1v) is 7.65. The number of carbonyl (C=O) groups excluding carboxylic acids is 1. The fraction of sp³-hybridized carbons (Fsp3) is 0.588. The van der Waals surface area contributed by atoms with Crippen molar-refractivity contribution in [1.29, 1.82) is 0 Å². The Hall–Kier alpha value is -1.42. The van der Waals surface area contributed by atoms with Gasteiger partial charge in [-0.3, -0.25) is 10.1 Å². The van der Waals surface area contributed by atoms with Crippen LogP contribution in [-0.2, 0) is 4.79 Å². The molecule has 1 saturated heterocycles. The van der Waals surface area contributed by atoms with Crippen LogP contribution < -0.4 is 5.32 Å². The predicted molar refractivity (Wildman–Crippen MR) is 79.9 cm³/mol. The molecule has 1 amide bonds. The third-order valence-electron chi connectivity index (χ3n) is 4.80. The number of hydrogen-bond donors (Lipinski definition) is 1. The molecule has 1 aromatic rings. The average molecular weight is 290 g/mol. The second kappa shape index (κ2) is 4.80. The van der Waals surface area contributed by atoms with Crippen molar-refractivity contribution in [1.82, 2.24) is 10.2 Å². The highest BCUT2D eigenvalue weighted by Crippen LogP contribution is 2.52. The molecule has 21 heavy (non-hydrogen) atoms. The van der Waals surface area contributed by atoms with Crippen molar-refractivity contribution < 1.29 is 9.18 Å². The summed E-state index contributed by atoms with van der Waals surface area (Å²) in [6, 6.07) is 6.70. The Bertz CT molecular complexity index is 570. The van der Waals surface area contributed by atoms with Gasteiger partial charge in [-0.05, 0) is 23.8 Å². The largest absolute Gasteiger partial charge is 0.318 e. The summed E-state index contributed by atoms with van der Waals surface area (Å²) in [5, 5.41) is 3.34. The number of amides is 1. The van der Waals surface area contributed by atoms with Gasteiger partial charge in [-0.25, -0.2) is 4.39 Å². The van der Waals surface area contributed by atoms with Crippen LogP contribution in [-0.4, -0.2) is 22.9 Å². The van der Waals surface area contributed by atoms with Gasteiger partial charge in [-0.15, -0.1) is 0 Å². The van der Waals surface area contributed by atoms with Crippen molar-refractivity contribution in [2.45, 2.75) is 52.4 Å². The lowest BCUT2D eigenvalue weighted by molar-refractivity contribution is -0.131. The fourth-order valence-electron chi connectivity index (χ4n) is 3.27. The van der Waals surface area contributed by atoms with E-state index in [0.29, 0.717) is 5.56 Å². The maximum atomic E-state index is 14.2. The van der Waals surface area contributed by atoms with Crippen LogP contribution in [0.2, 0.25) is 0 Å². The highest BCUT2D eigenvalue weighted by molar-refractivity contribution is 5.85. The van der Waals surface area contributed by atoms with Gasteiger partial charge >= 0.3 is 0 Å². The lowest BCUT2D eigenvalue weighted by Gasteiger charge is -2.26. The third-order valence-corrected chi connectivity index (χ3v) is 4.80. The fourth-order valence-corrected chi connectivity index (χ4v) is 3.27. The van der Waals surface area contributed by atoms with Crippen LogP contribution in [0.25, 0.3) is 0 Å². The first-order chi connectivity index (χ1) is 9.83. The molecule has 4 heteroatoms. The number of hydrogen-bond acceptors (Lipinski definition) is 2. The molecule has 2 aliphatic rings. The lowest BCUT2D eigenvalue weighted by atomic mass is 10.0. The number of carbonyl (C=O) groups is 1. The van der Waals surface area contributed by atoms with Gasteiger partial charge in [0.15, 0.2) is 0 Å². The van der Waals surface area contributed by atoms with Gasteiger partial charge in [0.1, 0.15) is 12.0 Å². The average Bonchev–Trinajstić information content (AvgIpc) is 2.88. The van der Waals surface area contributed by atoms with Crippen molar-refractivity contribution in [3.05, 3.63) is 35.6 Å². The van der Waals surface area contributed by atoms with Crippen LogP contribution in [0.3, 0.4) is 0 Å². The number of nitrogens with zero attached hydrogens (tertiary/aromatic N) is 1. The van der Waals surface area contributed by atoms with Gasteiger partial charge in [0, 0.05) is 11.6 Å². The van der Waals surface area contributed by atoms with Crippen LogP contribution in [0.4, 0.5) is 4.39 Å². The third kappa shape index (κ3) is 2.35. The maximum absolute atomic E-state index is 14.2. The molecule has 0 spiro atoms. The zero-order chi connectivity index (χ0) is 15.4. The normalized spacial score (nSPS) is 31.0. The van der Waals surface area contributed by atoms with Crippen molar-refractivity contribution in [3.63, 3.8) is 0 Å². The van der Waals surface area contributed by atoms with E-state index < -0.39 is 0 Å². The topological polar surface area (TPSA) is 32.3 Å². The minimum absolute atomic E-state index is 0.105. The molecule has 1 N–H and O–H groups in total. The Morgan fingerprint density at radius 3 is 2.48 bits per heavy atom.